The molecule has 106 valence electrons. The molecule has 0 radical (unpaired) electrons. The molecule has 0 N–H and O–H groups in total. The molecule has 0 saturated carbocycles. The molecule has 0 spiro atoms. The van der Waals surface area contributed by atoms with Gasteiger partial charge < -0.3 is 0 Å². The van der Waals surface area contributed by atoms with Crippen molar-refractivity contribution in [3.8, 4) is 11.1 Å². The number of alkyl halides is 3. The predicted molar refractivity (Wildman–Crippen MR) is 75.4 cm³/mol. The van der Waals surface area contributed by atoms with E-state index in [-0.39, 0.29) is 0 Å². The van der Waals surface area contributed by atoms with Crippen LogP contribution in [0.2, 0.25) is 0 Å². The highest BCUT2D eigenvalue weighted by Gasteiger charge is 2.30. The molecule has 0 saturated heterocycles. The van der Waals surface area contributed by atoms with E-state index in [1.807, 2.05) is 24.3 Å². The smallest absolute Gasteiger partial charge is 0.166 e. The van der Waals surface area contributed by atoms with Gasteiger partial charge >= 0.3 is 6.18 Å². The van der Waals surface area contributed by atoms with Crippen LogP contribution in [0.3, 0.4) is 0 Å². The van der Waals surface area contributed by atoms with Gasteiger partial charge in [-0.25, -0.2) is 0 Å². The summed E-state index contributed by atoms with van der Waals surface area (Å²) in [5.41, 5.74) is 2.00. The summed E-state index contributed by atoms with van der Waals surface area (Å²) in [6.07, 6.45) is -3.32. The quantitative estimate of drug-likeness (QED) is 0.688. The van der Waals surface area contributed by atoms with Crippen molar-refractivity contribution < 1.29 is 13.2 Å². The first-order valence-electron chi connectivity index (χ1n) is 6.63. The lowest BCUT2D eigenvalue weighted by Crippen LogP contribution is -2.04. The highest BCUT2D eigenvalue weighted by atomic mass is 19.4. The predicted octanol–water partition coefficient (Wildman–Crippen LogP) is 5.57. The average molecular weight is 278 g/mol. The number of halogens is 3. The van der Waals surface area contributed by atoms with Crippen LogP contribution in [0.25, 0.3) is 11.1 Å². The van der Waals surface area contributed by atoms with Gasteiger partial charge in [-0.15, -0.1) is 0 Å². The molecule has 0 aliphatic carbocycles. The van der Waals surface area contributed by atoms with E-state index in [1.54, 1.807) is 6.07 Å². The Morgan fingerprint density at radius 3 is 2.10 bits per heavy atom. The van der Waals surface area contributed by atoms with E-state index in [2.05, 4.69) is 13.8 Å². The molecular formula is C17H17F3. The van der Waals surface area contributed by atoms with E-state index in [0.29, 0.717) is 11.5 Å². The molecule has 0 atom stereocenters. The van der Waals surface area contributed by atoms with Crippen LogP contribution in [0.5, 0.6) is 0 Å². The second-order valence-corrected chi connectivity index (χ2v) is 5.37. The summed E-state index contributed by atoms with van der Waals surface area (Å²) in [6, 6.07) is 13.2. The summed E-state index contributed by atoms with van der Waals surface area (Å²) in [7, 11) is 0. The van der Waals surface area contributed by atoms with E-state index in [9.17, 15) is 13.2 Å². The second kappa shape index (κ2) is 5.70. The zero-order chi connectivity index (χ0) is 14.8. The highest BCUT2D eigenvalue weighted by Crippen LogP contribution is 2.32. The first kappa shape index (κ1) is 14.6. The van der Waals surface area contributed by atoms with E-state index in [0.717, 1.165) is 18.1 Å². The fraction of sp³-hybridized carbons (Fsp3) is 0.294. The van der Waals surface area contributed by atoms with Gasteiger partial charge in [-0.05, 0) is 41.2 Å². The van der Waals surface area contributed by atoms with Gasteiger partial charge in [0.1, 0.15) is 0 Å². The zero-order valence-electron chi connectivity index (χ0n) is 11.5. The van der Waals surface area contributed by atoms with E-state index >= 15 is 0 Å². The lowest BCUT2D eigenvalue weighted by atomic mass is 9.98. The molecule has 2 aromatic carbocycles. The molecule has 0 aliphatic rings. The Kier molecular flexibility index (Phi) is 4.17. The number of hydrogen-bond acceptors (Lipinski definition) is 0. The third kappa shape index (κ3) is 3.62. The van der Waals surface area contributed by atoms with Gasteiger partial charge in [0.05, 0.1) is 5.56 Å². The van der Waals surface area contributed by atoms with Crippen molar-refractivity contribution in [2.75, 3.05) is 0 Å². The van der Waals surface area contributed by atoms with Crippen LogP contribution in [0.1, 0.15) is 25.0 Å². The summed E-state index contributed by atoms with van der Waals surface area (Å²) < 4.78 is 38.1. The summed E-state index contributed by atoms with van der Waals surface area (Å²) in [6.45, 7) is 4.28. The minimum Gasteiger partial charge on any atom is -0.166 e. The van der Waals surface area contributed by atoms with E-state index < -0.39 is 11.7 Å². The van der Waals surface area contributed by atoms with Gasteiger partial charge in [-0.1, -0.05) is 50.2 Å². The van der Waals surface area contributed by atoms with E-state index in [1.165, 1.54) is 17.7 Å². The first-order chi connectivity index (χ1) is 9.36. The third-order valence-electron chi connectivity index (χ3n) is 3.12. The van der Waals surface area contributed by atoms with Gasteiger partial charge in [-0.2, -0.15) is 13.2 Å². The van der Waals surface area contributed by atoms with Gasteiger partial charge in [0.25, 0.3) is 0 Å². The van der Waals surface area contributed by atoms with Crippen LogP contribution in [0.15, 0.2) is 48.5 Å². The maximum absolute atomic E-state index is 12.7. The molecule has 0 heterocycles. The molecule has 0 aromatic heterocycles. The molecule has 2 aromatic rings. The summed E-state index contributed by atoms with van der Waals surface area (Å²) in [5.74, 6) is 0.564. The van der Waals surface area contributed by atoms with Gasteiger partial charge in [0.15, 0.2) is 0 Å². The van der Waals surface area contributed by atoms with Crippen LogP contribution in [0.4, 0.5) is 13.2 Å². The fourth-order valence-electron chi connectivity index (χ4n) is 2.18. The Hall–Kier alpha value is -1.77. The lowest BCUT2D eigenvalue weighted by Gasteiger charge is -2.10. The monoisotopic (exact) mass is 278 g/mol. The number of hydrogen-bond donors (Lipinski definition) is 0. The van der Waals surface area contributed by atoms with Crippen LogP contribution < -0.4 is 0 Å². The second-order valence-electron chi connectivity index (χ2n) is 5.37. The molecule has 0 unspecified atom stereocenters. The maximum atomic E-state index is 12.7. The molecular weight excluding hydrogens is 261 g/mol. The Labute approximate surface area is 117 Å². The third-order valence-corrected chi connectivity index (χ3v) is 3.12. The van der Waals surface area contributed by atoms with Gasteiger partial charge in [0, 0.05) is 0 Å². The summed E-state index contributed by atoms with van der Waals surface area (Å²) in [5, 5.41) is 0. The minimum atomic E-state index is -4.30. The van der Waals surface area contributed by atoms with Crippen molar-refractivity contribution in [1.29, 1.82) is 0 Å². The maximum Gasteiger partial charge on any atom is 0.416 e. The van der Waals surface area contributed by atoms with Crippen molar-refractivity contribution in [1.82, 2.24) is 0 Å². The molecule has 0 amide bonds. The Bertz CT molecular complexity index is 566. The number of benzene rings is 2. The molecule has 0 fully saturated rings. The van der Waals surface area contributed by atoms with Crippen molar-refractivity contribution in [2.24, 2.45) is 5.92 Å². The average Bonchev–Trinajstić information content (AvgIpc) is 2.38. The highest BCUT2D eigenvalue weighted by molar-refractivity contribution is 5.64. The molecule has 0 bridgehead atoms. The van der Waals surface area contributed by atoms with E-state index in [4.69, 9.17) is 0 Å². The normalized spacial score (nSPS) is 11.9. The van der Waals surface area contributed by atoms with Crippen molar-refractivity contribution in [3.05, 3.63) is 59.7 Å². The molecule has 2 rings (SSSR count). The number of rotatable bonds is 3. The molecule has 20 heavy (non-hydrogen) atoms. The van der Waals surface area contributed by atoms with Crippen LogP contribution in [-0.4, -0.2) is 0 Å². The summed E-state index contributed by atoms with van der Waals surface area (Å²) >= 11 is 0. The van der Waals surface area contributed by atoms with Crippen molar-refractivity contribution in [3.63, 3.8) is 0 Å². The Morgan fingerprint density at radius 1 is 0.900 bits per heavy atom. The summed E-state index contributed by atoms with van der Waals surface area (Å²) in [4.78, 5) is 0. The molecule has 0 aliphatic heterocycles. The largest absolute Gasteiger partial charge is 0.416 e. The zero-order valence-corrected chi connectivity index (χ0v) is 11.5. The van der Waals surface area contributed by atoms with Crippen molar-refractivity contribution in [2.45, 2.75) is 26.4 Å². The lowest BCUT2D eigenvalue weighted by molar-refractivity contribution is -0.137. The van der Waals surface area contributed by atoms with Crippen LogP contribution in [-0.2, 0) is 12.6 Å². The topological polar surface area (TPSA) is 0 Å². The van der Waals surface area contributed by atoms with Gasteiger partial charge in [-0.3, -0.25) is 0 Å². The Balaban J connectivity index is 2.28. The Morgan fingerprint density at radius 2 is 1.55 bits per heavy atom. The first-order valence-corrected chi connectivity index (χ1v) is 6.63. The van der Waals surface area contributed by atoms with Gasteiger partial charge in [0.2, 0.25) is 0 Å². The fourth-order valence-corrected chi connectivity index (χ4v) is 2.18. The van der Waals surface area contributed by atoms with Crippen LogP contribution in [0, 0.1) is 5.92 Å². The standard InChI is InChI=1S/C17H17F3/c1-12(2)10-13-6-8-14(9-7-13)15-4-3-5-16(11-15)17(18,19)20/h3-9,11-12H,10H2,1-2H3. The molecule has 3 heteroatoms. The van der Waals surface area contributed by atoms with Crippen LogP contribution >= 0.6 is 0 Å². The SMILES string of the molecule is CC(C)Cc1ccc(-c2cccc(C(F)(F)F)c2)cc1. The van der Waals surface area contributed by atoms with Crippen molar-refractivity contribution >= 4 is 0 Å². The minimum absolute atomic E-state index is 0.564. The molecule has 0 nitrogen and oxygen atoms in total.